The number of thiazole rings is 1. The highest BCUT2D eigenvalue weighted by molar-refractivity contribution is 7.92. The quantitative estimate of drug-likeness (QED) is 0.130. The van der Waals surface area contributed by atoms with E-state index >= 15 is 4.39 Å². The van der Waals surface area contributed by atoms with Crippen molar-refractivity contribution >= 4 is 49.9 Å². The molecule has 5 aromatic rings. The summed E-state index contributed by atoms with van der Waals surface area (Å²) in [6.07, 6.45) is 5.19. The molecule has 6 rings (SSSR count). The van der Waals surface area contributed by atoms with Crippen molar-refractivity contribution < 1.29 is 26.1 Å². The lowest BCUT2D eigenvalue weighted by molar-refractivity contribution is 0.241. The summed E-state index contributed by atoms with van der Waals surface area (Å²) in [4.78, 5) is 16.2. The first-order valence-electron chi connectivity index (χ1n) is 16.4. The van der Waals surface area contributed by atoms with Crippen LogP contribution in [0.4, 0.5) is 30.5 Å². The largest absolute Gasteiger partial charge is 0.611 e. The highest BCUT2D eigenvalue weighted by Gasteiger charge is 2.29. The summed E-state index contributed by atoms with van der Waals surface area (Å²) in [6.45, 7) is 8.80. The molecule has 1 atom stereocenters. The highest BCUT2D eigenvalue weighted by Crippen LogP contribution is 2.42. The lowest BCUT2D eigenvalue weighted by atomic mass is 9.98. The van der Waals surface area contributed by atoms with Crippen LogP contribution in [0.1, 0.15) is 45.0 Å². The van der Waals surface area contributed by atoms with E-state index in [0.717, 1.165) is 48.8 Å². The highest BCUT2D eigenvalue weighted by atomic mass is 32.2. The van der Waals surface area contributed by atoms with Gasteiger partial charge < -0.3 is 9.87 Å². The first kappa shape index (κ1) is 36.8. The molecule has 3 aromatic carbocycles. The van der Waals surface area contributed by atoms with Crippen LogP contribution in [0.3, 0.4) is 0 Å². The second-order valence-electron chi connectivity index (χ2n) is 13.1. The fraction of sp³-hybridized carbons (Fsp3) is 0.306. The SMILES string of the molecule is CC(C)(C)c1nc(-c2cccc(NS(=O)(=O)c3c(F)cccc3F)c2F)c(-c2ccnc(Nc3ccc([S+]([O-])CCN4CCCCC4)cc3)n2)s1. The lowest BCUT2D eigenvalue weighted by Gasteiger charge is -2.26. The predicted molar refractivity (Wildman–Crippen MR) is 196 cm³/mol. The van der Waals surface area contributed by atoms with Gasteiger partial charge in [0, 0.05) is 29.4 Å². The number of nitrogens with zero attached hydrogens (tertiary/aromatic N) is 4. The molecule has 0 aliphatic carbocycles. The van der Waals surface area contributed by atoms with Crippen LogP contribution in [0.15, 0.2) is 82.7 Å². The van der Waals surface area contributed by atoms with Crippen LogP contribution in [0.2, 0.25) is 0 Å². The summed E-state index contributed by atoms with van der Waals surface area (Å²) in [7, 11) is -4.83. The number of hydrogen-bond acceptors (Lipinski definition) is 9. The Labute approximate surface area is 302 Å². The van der Waals surface area contributed by atoms with Crippen LogP contribution in [-0.4, -0.2) is 58.2 Å². The molecule has 1 aliphatic heterocycles. The Morgan fingerprint density at radius 1 is 0.922 bits per heavy atom. The van der Waals surface area contributed by atoms with Crippen LogP contribution < -0.4 is 10.0 Å². The summed E-state index contributed by atoms with van der Waals surface area (Å²) in [5.74, 6) is -2.76. The van der Waals surface area contributed by atoms with Crippen molar-refractivity contribution in [3.8, 4) is 21.8 Å². The Morgan fingerprint density at radius 3 is 2.29 bits per heavy atom. The van der Waals surface area contributed by atoms with Gasteiger partial charge in [0.25, 0.3) is 10.0 Å². The summed E-state index contributed by atoms with van der Waals surface area (Å²) < 4.78 is 85.8. The first-order valence-corrected chi connectivity index (χ1v) is 20.0. The minimum Gasteiger partial charge on any atom is -0.611 e. The van der Waals surface area contributed by atoms with Crippen molar-refractivity contribution in [2.45, 2.75) is 55.2 Å². The van der Waals surface area contributed by atoms with Gasteiger partial charge in [0.1, 0.15) is 17.4 Å². The molecule has 0 amide bonds. The fourth-order valence-electron chi connectivity index (χ4n) is 5.60. The summed E-state index contributed by atoms with van der Waals surface area (Å²) in [5.41, 5.74) is 0.349. The average molecular weight is 755 g/mol. The van der Waals surface area contributed by atoms with Gasteiger partial charge in [0.15, 0.2) is 15.6 Å². The van der Waals surface area contributed by atoms with Gasteiger partial charge in [-0.05, 0) is 91.7 Å². The third kappa shape index (κ3) is 8.55. The van der Waals surface area contributed by atoms with Crippen molar-refractivity contribution in [1.29, 1.82) is 0 Å². The van der Waals surface area contributed by atoms with Gasteiger partial charge in [-0.15, -0.1) is 11.3 Å². The molecule has 2 N–H and O–H groups in total. The number of sulfonamides is 1. The van der Waals surface area contributed by atoms with E-state index < -0.39 is 54.6 Å². The number of piperidine rings is 1. The van der Waals surface area contributed by atoms with E-state index in [2.05, 4.69) is 15.2 Å². The van der Waals surface area contributed by atoms with E-state index in [0.29, 0.717) is 27.0 Å². The van der Waals surface area contributed by atoms with Crippen molar-refractivity contribution in [3.63, 3.8) is 0 Å². The Morgan fingerprint density at radius 2 is 1.61 bits per heavy atom. The molecule has 1 unspecified atom stereocenters. The Bertz CT molecular complexity index is 2100. The van der Waals surface area contributed by atoms with Crippen LogP contribution >= 0.6 is 11.3 Å². The normalized spacial score (nSPS) is 14.7. The van der Waals surface area contributed by atoms with Crippen LogP contribution in [-0.2, 0) is 26.6 Å². The van der Waals surface area contributed by atoms with E-state index in [1.807, 2.05) is 49.8 Å². The van der Waals surface area contributed by atoms with Crippen molar-refractivity contribution in [2.75, 3.05) is 35.4 Å². The molecule has 9 nitrogen and oxygen atoms in total. The van der Waals surface area contributed by atoms with Gasteiger partial charge in [0.05, 0.1) is 27.0 Å². The first-order chi connectivity index (χ1) is 24.3. The molecule has 1 saturated heterocycles. The van der Waals surface area contributed by atoms with E-state index in [9.17, 15) is 21.8 Å². The monoisotopic (exact) mass is 754 g/mol. The predicted octanol–water partition coefficient (Wildman–Crippen LogP) is 8.12. The minimum atomic E-state index is -4.83. The second-order valence-corrected chi connectivity index (χ2v) is 17.3. The maximum Gasteiger partial charge on any atom is 0.267 e. The number of nitrogens with one attached hydrogen (secondary N) is 2. The number of likely N-dealkylation sites (tertiary alicyclic amines) is 1. The van der Waals surface area contributed by atoms with Crippen LogP contribution in [0.5, 0.6) is 0 Å². The molecule has 15 heteroatoms. The third-order valence-electron chi connectivity index (χ3n) is 8.26. The van der Waals surface area contributed by atoms with Crippen molar-refractivity contribution in [1.82, 2.24) is 19.9 Å². The zero-order chi connectivity index (χ0) is 36.3. The van der Waals surface area contributed by atoms with Crippen molar-refractivity contribution in [2.24, 2.45) is 0 Å². The molecule has 2 aromatic heterocycles. The molecule has 0 spiro atoms. The number of hydrogen-bond donors (Lipinski definition) is 2. The minimum absolute atomic E-state index is 0.0389. The topological polar surface area (TPSA) is 123 Å². The van der Waals surface area contributed by atoms with Crippen LogP contribution in [0, 0.1) is 17.5 Å². The number of aromatic nitrogens is 3. The second kappa shape index (κ2) is 15.3. The van der Waals surface area contributed by atoms with Gasteiger partial charge in [-0.2, -0.15) is 0 Å². The number of rotatable bonds is 11. The lowest BCUT2D eigenvalue weighted by Crippen LogP contribution is -2.33. The van der Waals surface area contributed by atoms with E-state index in [1.54, 1.807) is 12.3 Å². The molecule has 0 bridgehead atoms. The molecule has 0 radical (unpaired) electrons. The summed E-state index contributed by atoms with van der Waals surface area (Å²) >= 11 is 0.183. The number of anilines is 3. The van der Waals surface area contributed by atoms with E-state index in [-0.39, 0.29) is 17.2 Å². The average Bonchev–Trinajstić information content (AvgIpc) is 3.55. The van der Waals surface area contributed by atoms with Gasteiger partial charge in [0.2, 0.25) is 5.95 Å². The van der Waals surface area contributed by atoms with Gasteiger partial charge >= 0.3 is 0 Å². The van der Waals surface area contributed by atoms with E-state index in [4.69, 9.17) is 9.97 Å². The third-order valence-corrected chi connectivity index (χ3v) is 12.5. The zero-order valence-electron chi connectivity index (χ0n) is 28.3. The maximum absolute atomic E-state index is 16.2. The fourth-order valence-corrected chi connectivity index (χ4v) is 9.01. The summed E-state index contributed by atoms with van der Waals surface area (Å²) in [6, 6.07) is 15.6. The molecule has 268 valence electrons. The van der Waals surface area contributed by atoms with Gasteiger partial charge in [-0.1, -0.05) is 39.3 Å². The number of benzene rings is 3. The van der Waals surface area contributed by atoms with E-state index in [1.165, 1.54) is 42.7 Å². The summed E-state index contributed by atoms with van der Waals surface area (Å²) in [5, 5.41) is 3.84. The standard InChI is InChI=1S/C36H37F3N6O3S3/c1-36(2,3)34-43-31(25-9-7-12-28(30(25)39)44-51(47,48)33-26(37)10-8-11-27(33)38)32(49-34)29-17-18-40-35(42-29)41-23-13-15-24(16-14-23)50(46)22-21-45-19-5-4-6-20-45/h7-18,44H,4-6,19-22H2,1-3H3,(H,40,41,42). The van der Waals surface area contributed by atoms with Crippen molar-refractivity contribution in [3.05, 3.63) is 95.4 Å². The Balaban J connectivity index is 1.26. The zero-order valence-corrected chi connectivity index (χ0v) is 30.7. The molecular formula is C36H37F3N6O3S3. The molecular weight excluding hydrogens is 718 g/mol. The molecule has 1 aliphatic rings. The number of halogens is 3. The Kier molecular flexibility index (Phi) is 11.0. The Hall–Kier alpha value is -4.02. The van der Waals surface area contributed by atoms with Gasteiger partial charge in [-0.3, -0.25) is 9.62 Å². The molecule has 0 saturated carbocycles. The maximum atomic E-state index is 16.2. The molecule has 1 fully saturated rings. The van der Waals surface area contributed by atoms with Gasteiger partial charge in [-0.25, -0.2) is 36.5 Å². The molecule has 51 heavy (non-hydrogen) atoms. The molecule has 3 heterocycles. The smallest absolute Gasteiger partial charge is 0.267 e. The van der Waals surface area contributed by atoms with Crippen LogP contribution in [0.25, 0.3) is 21.8 Å².